The molecule has 2 aromatic carbocycles. The molecule has 0 radical (unpaired) electrons. The molecule has 0 spiro atoms. The van der Waals surface area contributed by atoms with Crippen LogP contribution in [-0.4, -0.2) is 18.4 Å². The Balaban J connectivity index is 1.85. The first kappa shape index (κ1) is 13.6. The van der Waals surface area contributed by atoms with Gasteiger partial charge in [-0.2, -0.15) is 0 Å². The van der Waals surface area contributed by atoms with Crippen molar-refractivity contribution in [2.45, 2.75) is 0 Å². The van der Waals surface area contributed by atoms with Gasteiger partial charge in [-0.25, -0.2) is 0 Å². The highest BCUT2D eigenvalue weighted by atomic mass is 16.2. The molecule has 20 heavy (non-hydrogen) atoms. The third-order valence-corrected chi connectivity index (χ3v) is 2.68. The van der Waals surface area contributed by atoms with E-state index in [0.717, 1.165) is 11.4 Å². The van der Waals surface area contributed by atoms with Crippen LogP contribution in [0, 0.1) is 0 Å². The maximum atomic E-state index is 11.7. The van der Waals surface area contributed by atoms with Gasteiger partial charge in [-0.15, -0.1) is 0 Å². The molecule has 0 atom stereocenters. The highest BCUT2D eigenvalue weighted by Gasteiger charge is 2.03. The number of rotatable bonds is 5. The zero-order valence-corrected chi connectivity index (χ0v) is 10.8. The third kappa shape index (κ3) is 3.84. The van der Waals surface area contributed by atoms with Crippen LogP contribution in [0.15, 0.2) is 54.6 Å². The number of primary amides is 1. The summed E-state index contributed by atoms with van der Waals surface area (Å²) in [4.78, 5) is 22.6. The number of para-hydroxylation sites is 1. The Labute approximate surface area is 116 Å². The van der Waals surface area contributed by atoms with Crippen LogP contribution in [0.4, 0.5) is 11.4 Å². The summed E-state index contributed by atoms with van der Waals surface area (Å²) in [7, 11) is 0. The molecule has 102 valence electrons. The van der Waals surface area contributed by atoms with E-state index in [1.165, 1.54) is 0 Å². The minimum Gasteiger partial charge on any atom is -0.376 e. The van der Waals surface area contributed by atoms with E-state index >= 15 is 0 Å². The molecule has 0 heterocycles. The van der Waals surface area contributed by atoms with Crippen molar-refractivity contribution in [2.75, 3.05) is 17.2 Å². The van der Waals surface area contributed by atoms with Crippen molar-refractivity contribution in [1.82, 2.24) is 0 Å². The van der Waals surface area contributed by atoms with E-state index in [4.69, 9.17) is 5.73 Å². The molecule has 2 amide bonds. The summed E-state index contributed by atoms with van der Waals surface area (Å²) in [6.45, 7) is 0.144. The van der Waals surface area contributed by atoms with Crippen molar-refractivity contribution in [3.05, 3.63) is 60.2 Å². The zero-order chi connectivity index (χ0) is 14.4. The minimum absolute atomic E-state index is 0.143. The summed E-state index contributed by atoms with van der Waals surface area (Å²) in [6.07, 6.45) is 0. The standard InChI is InChI=1S/C15H15N3O2/c16-15(20)11-6-8-12(9-7-11)17-10-14(19)18-13-4-2-1-3-5-13/h1-9,17H,10H2,(H2,16,20)(H,18,19). The molecule has 0 aliphatic carbocycles. The Hall–Kier alpha value is -2.82. The van der Waals surface area contributed by atoms with Crippen LogP contribution in [0.3, 0.4) is 0 Å². The average Bonchev–Trinajstić information content (AvgIpc) is 2.46. The van der Waals surface area contributed by atoms with Crippen LogP contribution in [0.1, 0.15) is 10.4 Å². The van der Waals surface area contributed by atoms with Gasteiger partial charge in [0.05, 0.1) is 6.54 Å². The maximum Gasteiger partial charge on any atom is 0.248 e. The van der Waals surface area contributed by atoms with Gasteiger partial charge in [-0.1, -0.05) is 18.2 Å². The molecule has 0 saturated heterocycles. The lowest BCUT2D eigenvalue weighted by atomic mass is 10.2. The number of benzene rings is 2. The lowest BCUT2D eigenvalue weighted by molar-refractivity contribution is -0.114. The normalized spacial score (nSPS) is 9.80. The lowest BCUT2D eigenvalue weighted by Gasteiger charge is -2.08. The van der Waals surface area contributed by atoms with Gasteiger partial charge < -0.3 is 16.4 Å². The number of hydrogen-bond donors (Lipinski definition) is 3. The number of anilines is 2. The zero-order valence-electron chi connectivity index (χ0n) is 10.8. The number of nitrogens with one attached hydrogen (secondary N) is 2. The van der Waals surface area contributed by atoms with Crippen molar-refractivity contribution in [3.8, 4) is 0 Å². The second-order valence-corrected chi connectivity index (χ2v) is 4.21. The fourth-order valence-electron chi connectivity index (χ4n) is 1.66. The Bertz CT molecular complexity index is 594. The quantitative estimate of drug-likeness (QED) is 0.774. The van der Waals surface area contributed by atoms with E-state index < -0.39 is 5.91 Å². The Morgan fingerprint density at radius 2 is 1.55 bits per heavy atom. The van der Waals surface area contributed by atoms with Gasteiger partial charge in [0.15, 0.2) is 0 Å². The molecule has 0 unspecified atom stereocenters. The Morgan fingerprint density at radius 3 is 2.15 bits per heavy atom. The van der Waals surface area contributed by atoms with Crippen molar-refractivity contribution in [3.63, 3.8) is 0 Å². The van der Waals surface area contributed by atoms with E-state index in [0.29, 0.717) is 5.56 Å². The fraction of sp³-hybridized carbons (Fsp3) is 0.0667. The Morgan fingerprint density at radius 1 is 0.900 bits per heavy atom. The van der Waals surface area contributed by atoms with Gasteiger partial charge in [0.2, 0.25) is 11.8 Å². The van der Waals surface area contributed by atoms with Gasteiger partial charge in [-0.3, -0.25) is 9.59 Å². The summed E-state index contributed by atoms with van der Waals surface area (Å²) in [6, 6.07) is 15.9. The van der Waals surface area contributed by atoms with Crippen molar-refractivity contribution in [1.29, 1.82) is 0 Å². The summed E-state index contributed by atoms with van der Waals surface area (Å²) in [5, 5.41) is 5.73. The predicted molar refractivity (Wildman–Crippen MR) is 78.5 cm³/mol. The highest BCUT2D eigenvalue weighted by molar-refractivity contribution is 5.94. The summed E-state index contributed by atoms with van der Waals surface area (Å²) in [5.41, 5.74) is 7.08. The topological polar surface area (TPSA) is 84.2 Å². The van der Waals surface area contributed by atoms with Gasteiger partial charge in [0.1, 0.15) is 0 Å². The van der Waals surface area contributed by atoms with Crippen LogP contribution >= 0.6 is 0 Å². The summed E-state index contributed by atoms with van der Waals surface area (Å²) < 4.78 is 0. The van der Waals surface area contributed by atoms with E-state index in [9.17, 15) is 9.59 Å². The van der Waals surface area contributed by atoms with Crippen LogP contribution < -0.4 is 16.4 Å². The van der Waals surface area contributed by atoms with Crippen LogP contribution in [0.2, 0.25) is 0 Å². The smallest absolute Gasteiger partial charge is 0.248 e. The molecular weight excluding hydrogens is 254 g/mol. The van der Waals surface area contributed by atoms with Crippen molar-refractivity contribution >= 4 is 23.2 Å². The number of carbonyl (C=O) groups is 2. The number of carbonyl (C=O) groups excluding carboxylic acids is 2. The monoisotopic (exact) mass is 269 g/mol. The summed E-state index contributed by atoms with van der Waals surface area (Å²) in [5.74, 6) is -0.617. The van der Waals surface area contributed by atoms with Gasteiger partial charge in [-0.05, 0) is 36.4 Å². The molecule has 0 fully saturated rings. The largest absolute Gasteiger partial charge is 0.376 e. The molecule has 4 N–H and O–H groups in total. The SMILES string of the molecule is NC(=O)c1ccc(NCC(=O)Nc2ccccc2)cc1. The second kappa shape index (κ2) is 6.38. The first-order valence-electron chi connectivity index (χ1n) is 6.14. The van der Waals surface area contributed by atoms with Gasteiger partial charge in [0.25, 0.3) is 0 Å². The maximum absolute atomic E-state index is 11.7. The average molecular weight is 269 g/mol. The molecule has 0 aliphatic rings. The van der Waals surface area contributed by atoms with Crippen molar-refractivity contribution in [2.24, 2.45) is 5.73 Å². The van der Waals surface area contributed by atoms with Crippen LogP contribution in [0.5, 0.6) is 0 Å². The molecule has 5 nitrogen and oxygen atoms in total. The van der Waals surface area contributed by atoms with E-state index in [2.05, 4.69) is 10.6 Å². The van der Waals surface area contributed by atoms with Crippen molar-refractivity contribution < 1.29 is 9.59 Å². The third-order valence-electron chi connectivity index (χ3n) is 2.68. The number of amides is 2. The van der Waals surface area contributed by atoms with E-state index in [1.54, 1.807) is 24.3 Å². The van der Waals surface area contributed by atoms with Crippen LogP contribution in [-0.2, 0) is 4.79 Å². The Kier molecular flexibility index (Phi) is 4.34. The lowest BCUT2D eigenvalue weighted by Crippen LogP contribution is -2.21. The fourth-order valence-corrected chi connectivity index (χ4v) is 1.66. The molecule has 0 saturated carbocycles. The summed E-state index contributed by atoms with van der Waals surface area (Å²) >= 11 is 0. The van der Waals surface area contributed by atoms with Crippen LogP contribution in [0.25, 0.3) is 0 Å². The molecule has 2 aromatic rings. The van der Waals surface area contributed by atoms with E-state index in [1.807, 2.05) is 30.3 Å². The second-order valence-electron chi connectivity index (χ2n) is 4.21. The molecule has 0 bridgehead atoms. The molecule has 5 heteroatoms. The van der Waals surface area contributed by atoms with E-state index in [-0.39, 0.29) is 12.5 Å². The van der Waals surface area contributed by atoms with Gasteiger partial charge >= 0.3 is 0 Å². The first-order chi connectivity index (χ1) is 9.65. The minimum atomic E-state index is -0.474. The predicted octanol–water partition coefficient (Wildman–Crippen LogP) is 1.84. The molecule has 0 aromatic heterocycles. The number of nitrogens with two attached hydrogens (primary N) is 1. The van der Waals surface area contributed by atoms with Gasteiger partial charge in [0, 0.05) is 16.9 Å². The highest BCUT2D eigenvalue weighted by Crippen LogP contribution is 2.09. The molecule has 0 aliphatic heterocycles. The first-order valence-corrected chi connectivity index (χ1v) is 6.14. The number of hydrogen-bond acceptors (Lipinski definition) is 3. The molecular formula is C15H15N3O2. The molecule has 2 rings (SSSR count).